The summed E-state index contributed by atoms with van der Waals surface area (Å²) in [6, 6.07) is 15.1. The van der Waals surface area contributed by atoms with Crippen LogP contribution in [0.3, 0.4) is 0 Å². The van der Waals surface area contributed by atoms with E-state index in [0.29, 0.717) is 22.2 Å². The summed E-state index contributed by atoms with van der Waals surface area (Å²) in [5.74, 6) is 0.222. The van der Waals surface area contributed by atoms with E-state index < -0.39 is 9.84 Å². The van der Waals surface area contributed by atoms with Gasteiger partial charge in [-0.1, -0.05) is 37.3 Å². The highest BCUT2D eigenvalue weighted by molar-refractivity contribution is 7.90. The van der Waals surface area contributed by atoms with Crippen LogP contribution in [0.4, 0.5) is 5.13 Å². The van der Waals surface area contributed by atoms with Crippen molar-refractivity contribution in [1.29, 1.82) is 0 Å². The van der Waals surface area contributed by atoms with Crippen molar-refractivity contribution in [2.24, 2.45) is 5.92 Å². The molecule has 1 heterocycles. The van der Waals surface area contributed by atoms with Crippen molar-refractivity contribution in [3.05, 3.63) is 76.3 Å². The number of fused-ring (bicyclic) bond motifs is 1. The molecule has 0 aliphatic heterocycles. The Kier molecular flexibility index (Phi) is 5.52. The summed E-state index contributed by atoms with van der Waals surface area (Å²) >= 11 is 1.53. The smallest absolute Gasteiger partial charge is 0.257 e. The number of carbonyl (C=O) groups is 1. The lowest BCUT2D eigenvalue weighted by Gasteiger charge is -2.15. The summed E-state index contributed by atoms with van der Waals surface area (Å²) < 4.78 is 25.2. The van der Waals surface area contributed by atoms with Gasteiger partial charge in [0.25, 0.3) is 5.91 Å². The predicted octanol–water partition coefficient (Wildman–Crippen LogP) is 4.49. The van der Waals surface area contributed by atoms with Crippen LogP contribution in [-0.2, 0) is 28.4 Å². The second kappa shape index (κ2) is 8.08. The fraction of sp³-hybridized carbons (Fsp3) is 0.273. The zero-order valence-corrected chi connectivity index (χ0v) is 17.7. The molecule has 1 amide bonds. The third-order valence-corrected chi connectivity index (χ3v) is 7.79. The third kappa shape index (κ3) is 4.57. The van der Waals surface area contributed by atoms with Gasteiger partial charge in [0, 0.05) is 10.4 Å². The monoisotopic (exact) mass is 426 g/mol. The van der Waals surface area contributed by atoms with Gasteiger partial charge in [-0.05, 0) is 55.0 Å². The summed E-state index contributed by atoms with van der Waals surface area (Å²) in [4.78, 5) is 18.8. The number of carbonyl (C=O) groups excluding carboxylic acids is 1. The van der Waals surface area contributed by atoms with Crippen molar-refractivity contribution in [1.82, 2.24) is 4.98 Å². The lowest BCUT2D eigenvalue weighted by Crippen LogP contribution is -2.13. The molecule has 7 heteroatoms. The number of rotatable bonds is 5. The van der Waals surface area contributed by atoms with E-state index in [1.165, 1.54) is 16.2 Å². The maximum absolute atomic E-state index is 12.7. The van der Waals surface area contributed by atoms with Gasteiger partial charge >= 0.3 is 0 Å². The van der Waals surface area contributed by atoms with Crippen LogP contribution >= 0.6 is 11.3 Å². The predicted molar refractivity (Wildman–Crippen MR) is 115 cm³/mol. The molecule has 0 fully saturated rings. The number of aryl methyl sites for hydroxylation is 1. The molecule has 1 atom stereocenters. The van der Waals surface area contributed by atoms with Gasteiger partial charge in [-0.3, -0.25) is 10.1 Å². The van der Waals surface area contributed by atoms with Gasteiger partial charge in [0.1, 0.15) is 0 Å². The average molecular weight is 427 g/mol. The fourth-order valence-electron chi connectivity index (χ4n) is 3.50. The highest BCUT2D eigenvalue weighted by Gasteiger charge is 2.21. The molecule has 4 rings (SSSR count). The fourth-order valence-corrected chi connectivity index (χ4v) is 6.02. The Morgan fingerprint density at radius 3 is 2.76 bits per heavy atom. The molecule has 5 nitrogen and oxygen atoms in total. The first kappa shape index (κ1) is 19.8. The van der Waals surface area contributed by atoms with E-state index in [1.807, 2.05) is 0 Å². The molecule has 2 aromatic carbocycles. The van der Waals surface area contributed by atoms with Gasteiger partial charge in [-0.2, -0.15) is 0 Å². The molecule has 150 valence electrons. The van der Waals surface area contributed by atoms with E-state index in [1.54, 1.807) is 54.6 Å². The average Bonchev–Trinajstić information content (AvgIpc) is 3.10. The van der Waals surface area contributed by atoms with Crippen LogP contribution in [0.15, 0.2) is 59.5 Å². The molecule has 1 aliphatic rings. The normalized spacial score (nSPS) is 16.2. The van der Waals surface area contributed by atoms with Gasteiger partial charge < -0.3 is 0 Å². The number of amides is 1. The third-order valence-electron chi connectivity index (χ3n) is 5.05. The number of nitrogens with zero attached hydrogens (tertiary/aromatic N) is 1. The van der Waals surface area contributed by atoms with E-state index in [2.05, 4.69) is 17.2 Å². The minimum absolute atomic E-state index is 0.151. The molecule has 0 saturated heterocycles. The molecule has 1 aliphatic carbocycles. The second-order valence-electron chi connectivity index (χ2n) is 7.46. The standard InChI is InChI=1S/C22H22N2O3S2/c1-15-10-11-19-20(12-15)28-22(23-19)24-21(25)17-7-5-6-16(13-17)14-29(26,27)18-8-3-2-4-9-18/h2-9,13,15H,10-12,14H2,1H3,(H,23,24,25). The number of hydrogen-bond acceptors (Lipinski definition) is 5. The first-order valence-corrected chi connectivity index (χ1v) is 12.0. The van der Waals surface area contributed by atoms with Crippen LogP contribution in [0.5, 0.6) is 0 Å². The highest BCUT2D eigenvalue weighted by atomic mass is 32.2. The lowest BCUT2D eigenvalue weighted by atomic mass is 9.93. The molecule has 1 aromatic heterocycles. The first-order valence-electron chi connectivity index (χ1n) is 9.57. The minimum Gasteiger partial charge on any atom is -0.298 e. The lowest BCUT2D eigenvalue weighted by molar-refractivity contribution is 0.102. The van der Waals surface area contributed by atoms with Crippen molar-refractivity contribution in [2.75, 3.05) is 5.32 Å². The van der Waals surface area contributed by atoms with Crippen LogP contribution < -0.4 is 5.32 Å². The zero-order valence-electron chi connectivity index (χ0n) is 16.1. The van der Waals surface area contributed by atoms with Crippen LogP contribution in [0.25, 0.3) is 0 Å². The topological polar surface area (TPSA) is 76.1 Å². The number of anilines is 1. The number of sulfone groups is 1. The van der Waals surface area contributed by atoms with E-state index in [0.717, 1.165) is 25.0 Å². The molecular formula is C22H22N2O3S2. The maximum atomic E-state index is 12.7. The van der Waals surface area contributed by atoms with Crippen molar-refractivity contribution in [3.8, 4) is 0 Å². The maximum Gasteiger partial charge on any atom is 0.257 e. The van der Waals surface area contributed by atoms with Crippen molar-refractivity contribution in [2.45, 2.75) is 36.8 Å². The molecule has 0 spiro atoms. The largest absolute Gasteiger partial charge is 0.298 e. The Bertz CT molecular complexity index is 1140. The van der Waals surface area contributed by atoms with E-state index >= 15 is 0 Å². The summed E-state index contributed by atoms with van der Waals surface area (Å²) in [6.45, 7) is 2.23. The summed E-state index contributed by atoms with van der Waals surface area (Å²) in [5, 5.41) is 3.48. The van der Waals surface area contributed by atoms with E-state index in [4.69, 9.17) is 0 Å². The Morgan fingerprint density at radius 2 is 1.97 bits per heavy atom. The Morgan fingerprint density at radius 1 is 1.17 bits per heavy atom. The van der Waals surface area contributed by atoms with Gasteiger partial charge in [0.05, 0.1) is 16.3 Å². The molecule has 1 unspecified atom stereocenters. The second-order valence-corrected chi connectivity index (χ2v) is 10.5. The van der Waals surface area contributed by atoms with Crippen LogP contribution in [0.2, 0.25) is 0 Å². The SMILES string of the molecule is CC1CCc2nc(NC(=O)c3cccc(CS(=O)(=O)c4ccccc4)c3)sc2C1. The minimum atomic E-state index is -3.46. The Labute approximate surface area is 174 Å². The quantitative estimate of drug-likeness (QED) is 0.652. The van der Waals surface area contributed by atoms with E-state index in [9.17, 15) is 13.2 Å². The number of aromatic nitrogens is 1. The molecule has 0 bridgehead atoms. The van der Waals surface area contributed by atoms with Crippen LogP contribution in [-0.4, -0.2) is 19.3 Å². The summed E-state index contributed by atoms with van der Waals surface area (Å²) in [7, 11) is -3.46. The number of benzene rings is 2. The number of nitrogens with one attached hydrogen (secondary N) is 1. The van der Waals surface area contributed by atoms with Crippen molar-refractivity contribution >= 4 is 32.2 Å². The van der Waals surface area contributed by atoms with Crippen molar-refractivity contribution in [3.63, 3.8) is 0 Å². The van der Waals surface area contributed by atoms with Gasteiger partial charge in [-0.25, -0.2) is 13.4 Å². The zero-order chi connectivity index (χ0) is 20.4. The summed E-state index contributed by atoms with van der Waals surface area (Å²) in [6.07, 6.45) is 3.09. The highest BCUT2D eigenvalue weighted by Crippen LogP contribution is 2.32. The van der Waals surface area contributed by atoms with Crippen LogP contribution in [0.1, 0.15) is 39.8 Å². The first-order chi connectivity index (χ1) is 13.9. The molecule has 1 N–H and O–H groups in total. The Hall–Kier alpha value is -2.51. The molecule has 0 radical (unpaired) electrons. The molecule has 29 heavy (non-hydrogen) atoms. The van der Waals surface area contributed by atoms with Crippen LogP contribution in [0, 0.1) is 5.92 Å². The van der Waals surface area contributed by atoms with Gasteiger partial charge in [0.15, 0.2) is 15.0 Å². The molecule has 3 aromatic rings. The summed E-state index contributed by atoms with van der Waals surface area (Å²) in [5.41, 5.74) is 2.09. The molecule has 0 saturated carbocycles. The van der Waals surface area contributed by atoms with Gasteiger partial charge in [0.2, 0.25) is 0 Å². The molecular weight excluding hydrogens is 404 g/mol. The Balaban J connectivity index is 1.49. The number of hydrogen-bond donors (Lipinski definition) is 1. The van der Waals surface area contributed by atoms with Crippen molar-refractivity contribution < 1.29 is 13.2 Å². The van der Waals surface area contributed by atoms with Gasteiger partial charge in [-0.15, -0.1) is 11.3 Å². The van der Waals surface area contributed by atoms with E-state index in [-0.39, 0.29) is 16.6 Å². The number of thiazole rings is 1.